The molecule has 4 nitrogen and oxygen atoms in total. The monoisotopic (exact) mass is 377 g/mol. The Hall–Kier alpha value is -2.88. The highest BCUT2D eigenvalue weighted by molar-refractivity contribution is 6.08. The number of methoxy groups -OCH3 is 1. The van der Waals surface area contributed by atoms with Crippen molar-refractivity contribution in [1.82, 2.24) is 5.32 Å². The van der Waals surface area contributed by atoms with Gasteiger partial charge in [-0.2, -0.15) is 0 Å². The van der Waals surface area contributed by atoms with Gasteiger partial charge in [-0.3, -0.25) is 9.59 Å². The summed E-state index contributed by atoms with van der Waals surface area (Å²) in [5, 5.41) is 3.00. The van der Waals surface area contributed by atoms with Gasteiger partial charge in [-0.1, -0.05) is 67.8 Å². The molecule has 3 rings (SSSR count). The van der Waals surface area contributed by atoms with E-state index in [-0.39, 0.29) is 11.9 Å². The number of esters is 1. The van der Waals surface area contributed by atoms with Gasteiger partial charge in [0.1, 0.15) is 0 Å². The summed E-state index contributed by atoms with van der Waals surface area (Å²) in [6.07, 6.45) is 7.15. The Labute approximate surface area is 166 Å². The topological polar surface area (TPSA) is 55.4 Å². The zero-order valence-electron chi connectivity index (χ0n) is 16.4. The quantitative estimate of drug-likeness (QED) is 0.333. The van der Waals surface area contributed by atoms with Crippen molar-refractivity contribution < 1.29 is 14.3 Å². The van der Waals surface area contributed by atoms with E-state index in [9.17, 15) is 9.59 Å². The maximum Gasteiger partial charge on any atom is 0.305 e. The largest absolute Gasteiger partial charge is 0.469 e. The van der Waals surface area contributed by atoms with Crippen LogP contribution in [0.4, 0.5) is 0 Å². The smallest absolute Gasteiger partial charge is 0.305 e. The summed E-state index contributed by atoms with van der Waals surface area (Å²) in [4.78, 5) is 23.5. The summed E-state index contributed by atoms with van der Waals surface area (Å²) in [6.45, 7) is 0.670. The molecule has 0 unspecified atom stereocenters. The van der Waals surface area contributed by atoms with Crippen molar-refractivity contribution in [3.8, 4) is 11.1 Å². The van der Waals surface area contributed by atoms with Crippen LogP contribution in [0.15, 0.2) is 54.6 Å². The average molecular weight is 377 g/mol. The second kappa shape index (κ2) is 9.88. The normalized spacial score (nSPS) is 11.5. The van der Waals surface area contributed by atoms with Crippen molar-refractivity contribution in [3.63, 3.8) is 0 Å². The SMILES string of the molecule is COC(=O)CCCCCCCNC(=O)C=C1c2ccccc2-c2ccccc21. The molecule has 0 aromatic heterocycles. The Morgan fingerprint density at radius 3 is 1.96 bits per heavy atom. The van der Waals surface area contributed by atoms with E-state index in [4.69, 9.17) is 0 Å². The first kappa shape index (κ1) is 19.9. The highest BCUT2D eigenvalue weighted by Gasteiger charge is 2.22. The van der Waals surface area contributed by atoms with Gasteiger partial charge in [-0.05, 0) is 40.7 Å². The molecular formula is C24H27NO3. The van der Waals surface area contributed by atoms with E-state index in [2.05, 4.69) is 34.3 Å². The standard InChI is InChI=1S/C24H27NO3/c1-28-24(27)15-5-3-2-4-10-16-25-23(26)17-22-20-13-8-6-11-18(20)19-12-7-9-14-21(19)22/h6-9,11-14,17H,2-5,10,15-16H2,1H3,(H,25,26). The highest BCUT2D eigenvalue weighted by atomic mass is 16.5. The van der Waals surface area contributed by atoms with Gasteiger partial charge in [-0.25, -0.2) is 0 Å². The van der Waals surface area contributed by atoms with E-state index in [0.717, 1.165) is 48.8 Å². The zero-order chi connectivity index (χ0) is 19.8. The number of ether oxygens (including phenoxy) is 1. The van der Waals surface area contributed by atoms with Gasteiger partial charge < -0.3 is 10.1 Å². The van der Waals surface area contributed by atoms with Crippen molar-refractivity contribution in [2.45, 2.75) is 38.5 Å². The van der Waals surface area contributed by atoms with Gasteiger partial charge in [0.25, 0.3) is 0 Å². The van der Waals surface area contributed by atoms with Gasteiger partial charge in [0, 0.05) is 19.0 Å². The van der Waals surface area contributed by atoms with Crippen molar-refractivity contribution in [2.75, 3.05) is 13.7 Å². The minimum Gasteiger partial charge on any atom is -0.469 e. The molecule has 1 N–H and O–H groups in total. The molecule has 0 aliphatic heterocycles. The molecule has 0 saturated carbocycles. The molecule has 28 heavy (non-hydrogen) atoms. The Balaban J connectivity index is 1.47. The lowest BCUT2D eigenvalue weighted by Gasteiger charge is -2.05. The first-order chi connectivity index (χ1) is 13.7. The highest BCUT2D eigenvalue weighted by Crippen LogP contribution is 2.43. The number of nitrogens with one attached hydrogen (secondary N) is 1. The number of carbonyl (C=O) groups excluding carboxylic acids is 2. The maximum atomic E-state index is 12.4. The van der Waals surface area contributed by atoms with Gasteiger partial charge >= 0.3 is 5.97 Å². The number of fused-ring (bicyclic) bond motifs is 3. The third kappa shape index (κ3) is 4.89. The Bertz CT molecular complexity index is 822. The van der Waals surface area contributed by atoms with Crippen LogP contribution in [-0.2, 0) is 14.3 Å². The lowest BCUT2D eigenvalue weighted by Crippen LogP contribution is -2.22. The molecule has 1 aliphatic rings. The molecule has 0 bridgehead atoms. The Morgan fingerprint density at radius 2 is 1.36 bits per heavy atom. The number of carbonyl (C=O) groups is 2. The number of amides is 1. The number of rotatable bonds is 9. The molecule has 0 atom stereocenters. The molecule has 0 radical (unpaired) electrons. The zero-order valence-corrected chi connectivity index (χ0v) is 16.4. The predicted molar refractivity (Wildman–Crippen MR) is 112 cm³/mol. The predicted octanol–water partition coefficient (Wildman–Crippen LogP) is 4.73. The van der Waals surface area contributed by atoms with Gasteiger partial charge in [0.05, 0.1) is 7.11 Å². The van der Waals surface area contributed by atoms with Crippen molar-refractivity contribution in [3.05, 3.63) is 65.7 Å². The van der Waals surface area contributed by atoms with Crippen molar-refractivity contribution in [2.24, 2.45) is 0 Å². The van der Waals surface area contributed by atoms with Crippen LogP contribution >= 0.6 is 0 Å². The first-order valence-electron chi connectivity index (χ1n) is 9.96. The minimum atomic E-state index is -0.143. The van der Waals surface area contributed by atoms with Crippen LogP contribution in [-0.4, -0.2) is 25.5 Å². The van der Waals surface area contributed by atoms with Crippen LogP contribution < -0.4 is 5.32 Å². The van der Waals surface area contributed by atoms with Crippen LogP contribution in [0.2, 0.25) is 0 Å². The van der Waals surface area contributed by atoms with E-state index < -0.39 is 0 Å². The number of hydrogen-bond acceptors (Lipinski definition) is 3. The molecule has 1 amide bonds. The average Bonchev–Trinajstić information content (AvgIpc) is 3.04. The molecule has 2 aromatic rings. The van der Waals surface area contributed by atoms with Crippen molar-refractivity contribution >= 4 is 17.4 Å². The van der Waals surface area contributed by atoms with Crippen LogP contribution in [0.5, 0.6) is 0 Å². The van der Waals surface area contributed by atoms with E-state index in [0.29, 0.717) is 13.0 Å². The fourth-order valence-corrected chi connectivity index (χ4v) is 3.63. The van der Waals surface area contributed by atoms with Crippen LogP contribution in [0.3, 0.4) is 0 Å². The summed E-state index contributed by atoms with van der Waals surface area (Å²) in [6, 6.07) is 16.4. The number of benzene rings is 2. The van der Waals surface area contributed by atoms with Gasteiger partial charge in [-0.15, -0.1) is 0 Å². The summed E-state index contributed by atoms with van der Waals surface area (Å²) < 4.78 is 4.63. The van der Waals surface area contributed by atoms with Crippen LogP contribution in [0.25, 0.3) is 16.7 Å². The molecule has 1 aliphatic carbocycles. The number of hydrogen-bond donors (Lipinski definition) is 1. The summed E-state index contributed by atoms with van der Waals surface area (Å²) in [5.41, 5.74) is 5.59. The molecule has 2 aromatic carbocycles. The Kier molecular flexibility index (Phi) is 7.01. The summed E-state index contributed by atoms with van der Waals surface area (Å²) in [5.74, 6) is -0.192. The molecule has 0 heterocycles. The van der Waals surface area contributed by atoms with Crippen LogP contribution in [0.1, 0.15) is 49.7 Å². The minimum absolute atomic E-state index is 0.0489. The molecule has 146 valence electrons. The second-order valence-corrected chi connectivity index (χ2v) is 7.03. The Morgan fingerprint density at radius 1 is 0.821 bits per heavy atom. The first-order valence-corrected chi connectivity index (χ1v) is 9.96. The van der Waals surface area contributed by atoms with E-state index in [1.165, 1.54) is 18.2 Å². The van der Waals surface area contributed by atoms with Gasteiger partial charge in [0.15, 0.2) is 0 Å². The van der Waals surface area contributed by atoms with E-state index in [1.54, 1.807) is 6.08 Å². The molecule has 0 spiro atoms. The lowest BCUT2D eigenvalue weighted by molar-refractivity contribution is -0.140. The third-order valence-electron chi connectivity index (χ3n) is 5.08. The van der Waals surface area contributed by atoms with E-state index in [1.807, 2.05) is 24.3 Å². The second-order valence-electron chi connectivity index (χ2n) is 7.03. The number of unbranched alkanes of at least 4 members (excludes halogenated alkanes) is 4. The van der Waals surface area contributed by atoms with Crippen molar-refractivity contribution in [1.29, 1.82) is 0 Å². The summed E-state index contributed by atoms with van der Waals surface area (Å²) in [7, 11) is 1.42. The maximum absolute atomic E-state index is 12.4. The summed E-state index contributed by atoms with van der Waals surface area (Å²) >= 11 is 0. The fraction of sp³-hybridized carbons (Fsp3) is 0.333. The lowest BCUT2D eigenvalue weighted by atomic mass is 10.0. The van der Waals surface area contributed by atoms with Gasteiger partial charge in [0.2, 0.25) is 5.91 Å². The molecule has 4 heteroatoms. The third-order valence-corrected chi connectivity index (χ3v) is 5.08. The fourth-order valence-electron chi connectivity index (χ4n) is 3.63. The molecule has 0 fully saturated rings. The van der Waals surface area contributed by atoms with E-state index >= 15 is 0 Å². The molecule has 0 saturated heterocycles. The van der Waals surface area contributed by atoms with Crippen LogP contribution in [0, 0.1) is 0 Å². The molecular weight excluding hydrogens is 350 g/mol.